The molecule has 0 saturated carbocycles. The largest absolute Gasteiger partial charge is 0.456 e. The topological polar surface area (TPSA) is 21.3 Å². The predicted molar refractivity (Wildman–Crippen MR) is 249 cm³/mol. The number of rotatable bonds is 6. The van der Waals surface area contributed by atoms with Gasteiger partial charge in [0.15, 0.2) is 0 Å². The second-order valence-electron chi connectivity index (χ2n) is 15.3. The van der Waals surface area contributed by atoms with Crippen molar-refractivity contribution in [2.45, 2.75) is 0 Å². The zero-order valence-electron chi connectivity index (χ0n) is 32.1. The first-order valence-corrected chi connectivity index (χ1v) is 20.2. The van der Waals surface area contributed by atoms with E-state index in [0.717, 1.165) is 61.4 Å². The molecule has 2 heterocycles. The molecule has 0 radical (unpaired) electrons. The van der Waals surface area contributed by atoms with Crippen LogP contribution in [0.4, 0.5) is 17.1 Å². The first kappa shape index (κ1) is 33.3. The third-order valence-corrected chi connectivity index (χ3v) is 12.0. The van der Waals surface area contributed by atoms with Gasteiger partial charge in [-0.25, -0.2) is 0 Å². The first-order valence-electron chi connectivity index (χ1n) is 20.2. The van der Waals surface area contributed by atoms with Crippen LogP contribution in [0.1, 0.15) is 0 Å². The Morgan fingerprint density at radius 1 is 0.356 bits per heavy atom. The Bertz CT molecular complexity index is 3500. The van der Waals surface area contributed by atoms with Gasteiger partial charge in [0.05, 0.1) is 16.7 Å². The van der Waals surface area contributed by atoms with Gasteiger partial charge < -0.3 is 13.9 Å². The molecule has 2 aromatic heterocycles. The van der Waals surface area contributed by atoms with Crippen molar-refractivity contribution in [1.82, 2.24) is 4.57 Å². The van der Waals surface area contributed by atoms with Crippen LogP contribution in [0.25, 0.3) is 93.2 Å². The summed E-state index contributed by atoms with van der Waals surface area (Å²) in [6.07, 6.45) is 0. The molecule has 3 heteroatoms. The number of aromatic nitrogens is 1. The normalized spacial score (nSPS) is 11.7. The Labute approximate surface area is 341 Å². The molecular formula is C56H36N2O. The Hall–Kier alpha value is -7.88. The molecule has 0 aliphatic rings. The number of hydrogen-bond acceptors (Lipinski definition) is 2. The molecule has 0 aliphatic carbocycles. The van der Waals surface area contributed by atoms with Crippen LogP contribution in [-0.4, -0.2) is 4.57 Å². The van der Waals surface area contributed by atoms with Crippen LogP contribution >= 0.6 is 0 Å². The fourth-order valence-corrected chi connectivity index (χ4v) is 9.27. The fraction of sp³-hybridized carbons (Fsp3) is 0. The smallest absolute Gasteiger partial charge is 0.136 e. The van der Waals surface area contributed by atoms with Gasteiger partial charge in [-0.3, -0.25) is 0 Å². The van der Waals surface area contributed by atoms with E-state index >= 15 is 0 Å². The summed E-state index contributed by atoms with van der Waals surface area (Å²) in [6.45, 7) is 0. The minimum atomic E-state index is 0.885. The van der Waals surface area contributed by atoms with E-state index in [-0.39, 0.29) is 0 Å². The second-order valence-corrected chi connectivity index (χ2v) is 15.3. The van der Waals surface area contributed by atoms with E-state index in [0.29, 0.717) is 0 Å². The van der Waals surface area contributed by atoms with Crippen molar-refractivity contribution in [3.05, 3.63) is 218 Å². The minimum Gasteiger partial charge on any atom is -0.456 e. The van der Waals surface area contributed by atoms with Gasteiger partial charge in [-0.05, 0) is 105 Å². The molecule has 0 atom stereocenters. The van der Waals surface area contributed by atoms with Gasteiger partial charge in [-0.1, -0.05) is 152 Å². The summed E-state index contributed by atoms with van der Waals surface area (Å²) < 4.78 is 8.74. The van der Waals surface area contributed by atoms with E-state index in [1.54, 1.807) is 0 Å². The molecule has 59 heavy (non-hydrogen) atoms. The highest BCUT2D eigenvalue weighted by molar-refractivity contribution is 6.14. The molecule has 0 amide bonds. The Kier molecular flexibility index (Phi) is 7.54. The van der Waals surface area contributed by atoms with Gasteiger partial charge in [0.25, 0.3) is 0 Å². The lowest BCUT2D eigenvalue weighted by Gasteiger charge is -2.28. The predicted octanol–water partition coefficient (Wildman–Crippen LogP) is 15.8. The summed E-state index contributed by atoms with van der Waals surface area (Å²) in [5.74, 6) is 0. The SMILES string of the molecule is c1ccc(N(c2ccc(-c3ccc(-n4c5ccccc5c5ccccc54)cc3)cc2)c2ccc3c(ccc4ccccc43)c2)c(-c2cccc3oc4ccccc4c23)c1. The summed E-state index contributed by atoms with van der Waals surface area (Å²) >= 11 is 0. The molecule has 0 aliphatic heterocycles. The Morgan fingerprint density at radius 3 is 1.69 bits per heavy atom. The summed E-state index contributed by atoms with van der Waals surface area (Å²) in [5, 5.41) is 9.73. The zero-order chi connectivity index (χ0) is 38.9. The molecule has 3 nitrogen and oxygen atoms in total. The number of para-hydroxylation sites is 4. The third-order valence-electron chi connectivity index (χ3n) is 12.0. The summed E-state index contributed by atoms with van der Waals surface area (Å²) in [7, 11) is 0. The maximum Gasteiger partial charge on any atom is 0.136 e. The van der Waals surface area contributed by atoms with Crippen molar-refractivity contribution in [3.8, 4) is 27.9 Å². The third kappa shape index (κ3) is 5.36. The summed E-state index contributed by atoms with van der Waals surface area (Å²) in [6, 6.07) is 78.7. The minimum absolute atomic E-state index is 0.885. The van der Waals surface area contributed by atoms with Crippen LogP contribution in [0.3, 0.4) is 0 Å². The van der Waals surface area contributed by atoms with Gasteiger partial charge in [-0.15, -0.1) is 0 Å². The highest BCUT2D eigenvalue weighted by Gasteiger charge is 2.21. The van der Waals surface area contributed by atoms with Crippen LogP contribution in [0, 0.1) is 0 Å². The number of furan rings is 1. The van der Waals surface area contributed by atoms with Crippen LogP contribution < -0.4 is 4.90 Å². The number of fused-ring (bicyclic) bond motifs is 9. The van der Waals surface area contributed by atoms with Gasteiger partial charge in [0.2, 0.25) is 0 Å². The van der Waals surface area contributed by atoms with Crippen molar-refractivity contribution < 1.29 is 4.42 Å². The quantitative estimate of drug-likeness (QED) is 0.158. The van der Waals surface area contributed by atoms with E-state index in [1.165, 1.54) is 48.9 Å². The molecule has 0 N–H and O–H groups in total. The molecule has 12 rings (SSSR count). The first-order chi connectivity index (χ1) is 29.3. The summed E-state index contributed by atoms with van der Waals surface area (Å²) in [5.41, 5.74) is 13.2. The van der Waals surface area contributed by atoms with E-state index in [4.69, 9.17) is 4.42 Å². The molecule has 0 unspecified atom stereocenters. The highest BCUT2D eigenvalue weighted by atomic mass is 16.3. The average Bonchev–Trinajstić information content (AvgIpc) is 3.86. The van der Waals surface area contributed by atoms with E-state index < -0.39 is 0 Å². The van der Waals surface area contributed by atoms with Gasteiger partial charge in [-0.2, -0.15) is 0 Å². The second kappa shape index (κ2) is 13.4. The van der Waals surface area contributed by atoms with Gasteiger partial charge in [0, 0.05) is 44.2 Å². The van der Waals surface area contributed by atoms with E-state index in [2.05, 4.69) is 222 Å². The average molecular weight is 753 g/mol. The standard InChI is InChI=1S/C56H36N2O/c1-2-13-44-39(12-1)24-25-40-36-43(34-35-45(40)44)57(51-19-7-5-16-48(51)49-18-11-23-55-56(49)50-17-6-10-22-54(50)59-55)41-30-26-37(27-31-41)38-28-32-42(33-29-38)58-52-20-8-3-14-46(52)47-15-4-9-21-53(47)58/h1-36H. The number of anilines is 3. The van der Waals surface area contributed by atoms with Crippen LogP contribution in [-0.2, 0) is 0 Å². The van der Waals surface area contributed by atoms with Crippen LogP contribution in [0.15, 0.2) is 223 Å². The Morgan fingerprint density at radius 2 is 0.915 bits per heavy atom. The zero-order valence-corrected chi connectivity index (χ0v) is 32.1. The molecule has 0 spiro atoms. The number of hydrogen-bond donors (Lipinski definition) is 0. The molecule has 0 fully saturated rings. The maximum atomic E-state index is 6.37. The van der Waals surface area contributed by atoms with Gasteiger partial charge >= 0.3 is 0 Å². The number of nitrogens with zero attached hydrogens (tertiary/aromatic N) is 2. The van der Waals surface area contributed by atoms with Gasteiger partial charge in [0.1, 0.15) is 11.2 Å². The van der Waals surface area contributed by atoms with Crippen LogP contribution in [0.5, 0.6) is 0 Å². The molecule has 276 valence electrons. The van der Waals surface area contributed by atoms with E-state index in [1.807, 2.05) is 6.07 Å². The number of benzene rings is 10. The molecule has 0 saturated heterocycles. The lowest BCUT2D eigenvalue weighted by atomic mass is 9.96. The van der Waals surface area contributed by atoms with Crippen molar-refractivity contribution in [2.24, 2.45) is 0 Å². The highest BCUT2D eigenvalue weighted by Crippen LogP contribution is 2.46. The lowest BCUT2D eigenvalue weighted by Crippen LogP contribution is -2.11. The fourth-order valence-electron chi connectivity index (χ4n) is 9.27. The Balaban J connectivity index is 0.990. The van der Waals surface area contributed by atoms with Crippen molar-refractivity contribution >= 4 is 82.4 Å². The molecule has 12 aromatic rings. The van der Waals surface area contributed by atoms with Crippen molar-refractivity contribution in [3.63, 3.8) is 0 Å². The lowest BCUT2D eigenvalue weighted by molar-refractivity contribution is 0.669. The van der Waals surface area contributed by atoms with Crippen molar-refractivity contribution in [1.29, 1.82) is 0 Å². The molecule has 0 bridgehead atoms. The molecule has 10 aromatic carbocycles. The van der Waals surface area contributed by atoms with E-state index in [9.17, 15) is 0 Å². The molecular weight excluding hydrogens is 717 g/mol. The maximum absolute atomic E-state index is 6.37. The monoisotopic (exact) mass is 752 g/mol. The van der Waals surface area contributed by atoms with Crippen LogP contribution in [0.2, 0.25) is 0 Å². The summed E-state index contributed by atoms with van der Waals surface area (Å²) in [4.78, 5) is 2.40. The van der Waals surface area contributed by atoms with Crippen molar-refractivity contribution in [2.75, 3.05) is 4.90 Å².